The van der Waals surface area contributed by atoms with E-state index in [1.807, 2.05) is 12.1 Å². The fourth-order valence-corrected chi connectivity index (χ4v) is 2.35. The Morgan fingerprint density at radius 2 is 2.12 bits per heavy atom. The van der Waals surface area contributed by atoms with Crippen LogP contribution in [-0.4, -0.2) is 15.2 Å². The molecule has 0 fully saturated rings. The third-order valence-electron chi connectivity index (χ3n) is 3.15. The number of hydrogen-bond donors (Lipinski definition) is 2. The number of aromatic nitrogens is 3. The maximum absolute atomic E-state index is 6.15. The molecule has 3 rings (SSSR count). The second-order valence-corrected chi connectivity index (χ2v) is 4.20. The molecule has 0 aromatic carbocycles. The van der Waals surface area contributed by atoms with Crippen LogP contribution in [0.1, 0.15) is 30.1 Å². The van der Waals surface area contributed by atoms with Crippen molar-refractivity contribution in [1.29, 1.82) is 0 Å². The van der Waals surface area contributed by atoms with E-state index in [2.05, 4.69) is 15.2 Å². The highest BCUT2D eigenvalue weighted by Crippen LogP contribution is 2.33. The van der Waals surface area contributed by atoms with Crippen molar-refractivity contribution in [3.8, 4) is 11.3 Å². The van der Waals surface area contributed by atoms with Crippen LogP contribution < -0.4 is 5.73 Å². The zero-order valence-electron chi connectivity index (χ0n) is 8.98. The number of pyridine rings is 1. The first-order valence-corrected chi connectivity index (χ1v) is 5.59. The highest BCUT2D eigenvalue weighted by Gasteiger charge is 2.23. The monoisotopic (exact) mass is 214 g/mol. The van der Waals surface area contributed by atoms with E-state index in [1.54, 1.807) is 12.4 Å². The minimum atomic E-state index is 0.116. The molecule has 0 bridgehead atoms. The number of hydrogen-bond acceptors (Lipinski definition) is 3. The van der Waals surface area contributed by atoms with Gasteiger partial charge in [0, 0.05) is 35.3 Å². The van der Waals surface area contributed by atoms with Crippen molar-refractivity contribution in [2.24, 2.45) is 5.73 Å². The molecule has 2 aromatic heterocycles. The zero-order valence-corrected chi connectivity index (χ0v) is 8.98. The standard InChI is InChI=1S/C12H14N4/c13-9-2-1-3-10-11(9)12(16-15-10)8-4-6-14-7-5-8/h4-7,9H,1-3,13H2,(H,15,16)/t9-/m0/s1. The molecule has 0 saturated heterocycles. The normalized spacial score (nSPS) is 19.4. The summed E-state index contributed by atoms with van der Waals surface area (Å²) >= 11 is 0. The molecule has 3 N–H and O–H groups in total. The Bertz CT molecular complexity index is 489. The van der Waals surface area contributed by atoms with Gasteiger partial charge in [-0.05, 0) is 31.4 Å². The molecule has 0 amide bonds. The summed E-state index contributed by atoms with van der Waals surface area (Å²) < 4.78 is 0. The summed E-state index contributed by atoms with van der Waals surface area (Å²) in [6.45, 7) is 0. The van der Waals surface area contributed by atoms with Gasteiger partial charge < -0.3 is 5.73 Å². The average Bonchev–Trinajstić information content (AvgIpc) is 2.75. The lowest BCUT2D eigenvalue weighted by Crippen LogP contribution is -2.17. The van der Waals surface area contributed by atoms with Crippen molar-refractivity contribution in [2.75, 3.05) is 0 Å². The maximum Gasteiger partial charge on any atom is 0.0972 e. The van der Waals surface area contributed by atoms with E-state index in [0.29, 0.717) is 0 Å². The fraction of sp³-hybridized carbons (Fsp3) is 0.333. The lowest BCUT2D eigenvalue weighted by Gasteiger charge is -2.18. The van der Waals surface area contributed by atoms with Gasteiger partial charge in [0.2, 0.25) is 0 Å². The molecule has 2 aromatic rings. The van der Waals surface area contributed by atoms with Gasteiger partial charge in [-0.3, -0.25) is 10.1 Å². The molecule has 1 aliphatic carbocycles. The van der Waals surface area contributed by atoms with Gasteiger partial charge in [-0.15, -0.1) is 0 Å². The average molecular weight is 214 g/mol. The van der Waals surface area contributed by atoms with E-state index in [0.717, 1.165) is 30.5 Å². The Hall–Kier alpha value is -1.68. The summed E-state index contributed by atoms with van der Waals surface area (Å²) in [4.78, 5) is 4.02. The van der Waals surface area contributed by atoms with Crippen molar-refractivity contribution >= 4 is 0 Å². The van der Waals surface area contributed by atoms with Crippen LogP contribution in [0.3, 0.4) is 0 Å². The highest BCUT2D eigenvalue weighted by molar-refractivity contribution is 5.64. The summed E-state index contributed by atoms with van der Waals surface area (Å²) in [6.07, 6.45) is 6.81. The SMILES string of the molecule is N[C@H]1CCCc2[nH]nc(-c3ccncc3)c21. The Morgan fingerprint density at radius 3 is 2.94 bits per heavy atom. The first-order valence-electron chi connectivity index (χ1n) is 5.59. The molecule has 4 heteroatoms. The molecule has 2 heterocycles. The number of rotatable bonds is 1. The van der Waals surface area contributed by atoms with Gasteiger partial charge in [-0.25, -0.2) is 0 Å². The third-order valence-corrected chi connectivity index (χ3v) is 3.15. The summed E-state index contributed by atoms with van der Waals surface area (Å²) in [7, 11) is 0. The number of aryl methyl sites for hydroxylation is 1. The Morgan fingerprint density at radius 1 is 1.31 bits per heavy atom. The predicted molar refractivity (Wildman–Crippen MR) is 61.7 cm³/mol. The largest absolute Gasteiger partial charge is 0.324 e. The van der Waals surface area contributed by atoms with E-state index in [-0.39, 0.29) is 6.04 Å². The minimum Gasteiger partial charge on any atom is -0.324 e. The lowest BCUT2D eigenvalue weighted by molar-refractivity contribution is 0.567. The summed E-state index contributed by atoms with van der Waals surface area (Å²) in [5.41, 5.74) is 10.6. The summed E-state index contributed by atoms with van der Waals surface area (Å²) in [5.74, 6) is 0. The Balaban J connectivity index is 2.13. The molecule has 16 heavy (non-hydrogen) atoms. The molecular formula is C12H14N4. The van der Waals surface area contributed by atoms with Crippen molar-refractivity contribution in [3.05, 3.63) is 35.8 Å². The molecule has 1 atom stereocenters. The molecular weight excluding hydrogens is 200 g/mol. The van der Waals surface area contributed by atoms with Gasteiger partial charge in [0.05, 0.1) is 5.69 Å². The molecule has 82 valence electrons. The molecule has 0 saturated carbocycles. The van der Waals surface area contributed by atoms with Crippen LogP contribution in [0.4, 0.5) is 0 Å². The molecule has 1 aliphatic rings. The van der Waals surface area contributed by atoms with Gasteiger partial charge in [0.1, 0.15) is 0 Å². The second-order valence-electron chi connectivity index (χ2n) is 4.20. The van der Waals surface area contributed by atoms with Gasteiger partial charge in [-0.2, -0.15) is 5.10 Å². The van der Waals surface area contributed by atoms with E-state index >= 15 is 0 Å². The highest BCUT2D eigenvalue weighted by atomic mass is 15.1. The van der Waals surface area contributed by atoms with Crippen LogP contribution in [0.5, 0.6) is 0 Å². The Kier molecular flexibility index (Phi) is 2.22. The second kappa shape index (κ2) is 3.72. The van der Waals surface area contributed by atoms with E-state index < -0.39 is 0 Å². The third kappa shape index (κ3) is 1.42. The number of fused-ring (bicyclic) bond motifs is 1. The number of nitrogens with two attached hydrogens (primary N) is 1. The van der Waals surface area contributed by atoms with Crippen LogP contribution in [0.2, 0.25) is 0 Å². The maximum atomic E-state index is 6.15. The molecule has 0 spiro atoms. The Labute approximate surface area is 93.9 Å². The van der Waals surface area contributed by atoms with Gasteiger partial charge in [-0.1, -0.05) is 0 Å². The smallest absolute Gasteiger partial charge is 0.0972 e. The zero-order chi connectivity index (χ0) is 11.0. The fourth-order valence-electron chi connectivity index (χ4n) is 2.35. The minimum absolute atomic E-state index is 0.116. The van der Waals surface area contributed by atoms with Crippen molar-refractivity contribution in [2.45, 2.75) is 25.3 Å². The van der Waals surface area contributed by atoms with Crippen LogP contribution >= 0.6 is 0 Å². The van der Waals surface area contributed by atoms with E-state index in [9.17, 15) is 0 Å². The van der Waals surface area contributed by atoms with Crippen molar-refractivity contribution in [3.63, 3.8) is 0 Å². The van der Waals surface area contributed by atoms with Crippen LogP contribution in [0.25, 0.3) is 11.3 Å². The first kappa shape index (κ1) is 9.54. The number of nitrogens with one attached hydrogen (secondary N) is 1. The van der Waals surface area contributed by atoms with Gasteiger partial charge in [0.15, 0.2) is 0 Å². The lowest BCUT2D eigenvalue weighted by atomic mass is 9.90. The molecule has 0 aliphatic heterocycles. The van der Waals surface area contributed by atoms with Crippen LogP contribution in [-0.2, 0) is 6.42 Å². The summed E-state index contributed by atoms with van der Waals surface area (Å²) in [5, 5.41) is 7.49. The van der Waals surface area contributed by atoms with Crippen LogP contribution in [0.15, 0.2) is 24.5 Å². The topological polar surface area (TPSA) is 67.6 Å². The molecule has 0 unspecified atom stereocenters. The summed E-state index contributed by atoms with van der Waals surface area (Å²) in [6, 6.07) is 4.06. The van der Waals surface area contributed by atoms with Crippen LogP contribution in [0, 0.1) is 0 Å². The van der Waals surface area contributed by atoms with E-state index in [1.165, 1.54) is 11.3 Å². The van der Waals surface area contributed by atoms with Gasteiger partial charge >= 0.3 is 0 Å². The molecule has 0 radical (unpaired) electrons. The van der Waals surface area contributed by atoms with E-state index in [4.69, 9.17) is 5.73 Å². The predicted octanol–water partition coefficient (Wildman–Crippen LogP) is 1.81. The first-order chi connectivity index (χ1) is 7.86. The quantitative estimate of drug-likeness (QED) is 0.760. The number of aromatic amines is 1. The van der Waals surface area contributed by atoms with Crippen molar-refractivity contribution in [1.82, 2.24) is 15.2 Å². The molecule has 4 nitrogen and oxygen atoms in total. The van der Waals surface area contributed by atoms with Crippen molar-refractivity contribution < 1.29 is 0 Å². The van der Waals surface area contributed by atoms with Gasteiger partial charge in [0.25, 0.3) is 0 Å². The number of H-pyrrole nitrogens is 1. The number of nitrogens with zero attached hydrogens (tertiary/aromatic N) is 2.